The molecule has 0 bridgehead atoms. The van der Waals surface area contributed by atoms with Gasteiger partial charge in [0, 0.05) is 43.0 Å². The van der Waals surface area contributed by atoms with Crippen LogP contribution >= 0.6 is 0 Å². The molecular formula is C19H19N5. The molecule has 5 heteroatoms. The van der Waals surface area contributed by atoms with Crippen molar-refractivity contribution in [2.75, 3.05) is 11.9 Å². The monoisotopic (exact) mass is 317 g/mol. The predicted molar refractivity (Wildman–Crippen MR) is 96.2 cm³/mol. The van der Waals surface area contributed by atoms with E-state index in [1.165, 1.54) is 10.9 Å². The number of aromatic nitrogens is 4. The third-order valence-corrected chi connectivity index (χ3v) is 4.29. The van der Waals surface area contributed by atoms with Crippen LogP contribution in [-0.2, 0) is 13.0 Å². The summed E-state index contributed by atoms with van der Waals surface area (Å²) >= 11 is 0. The molecule has 0 saturated heterocycles. The zero-order valence-electron chi connectivity index (χ0n) is 13.8. The lowest BCUT2D eigenvalue weighted by Gasteiger charge is -2.21. The predicted octanol–water partition coefficient (Wildman–Crippen LogP) is 3.48. The van der Waals surface area contributed by atoms with Gasteiger partial charge < -0.3 is 4.90 Å². The van der Waals surface area contributed by atoms with Crippen molar-refractivity contribution in [1.29, 1.82) is 0 Å². The molecule has 0 atom stereocenters. The molecule has 4 rings (SSSR count). The Kier molecular flexibility index (Phi) is 3.61. The van der Waals surface area contributed by atoms with Gasteiger partial charge in [-0.2, -0.15) is 9.61 Å². The van der Waals surface area contributed by atoms with Gasteiger partial charge in [0.05, 0.1) is 11.7 Å². The first-order chi connectivity index (χ1) is 11.8. The van der Waals surface area contributed by atoms with Crippen molar-refractivity contribution in [2.45, 2.75) is 19.9 Å². The van der Waals surface area contributed by atoms with E-state index in [1.807, 2.05) is 28.9 Å². The van der Waals surface area contributed by atoms with Gasteiger partial charge in [-0.15, -0.1) is 0 Å². The summed E-state index contributed by atoms with van der Waals surface area (Å²) in [6, 6.07) is 14.4. The van der Waals surface area contributed by atoms with E-state index in [0.29, 0.717) is 0 Å². The molecule has 1 aromatic carbocycles. The molecule has 120 valence electrons. The van der Waals surface area contributed by atoms with Gasteiger partial charge in [-0.3, -0.25) is 4.98 Å². The summed E-state index contributed by atoms with van der Waals surface area (Å²) in [7, 11) is 2.09. The summed E-state index contributed by atoms with van der Waals surface area (Å²) in [4.78, 5) is 11.3. The SMILES string of the molecule is CCc1cc(N(C)Cc2ccnc3ccccc23)n2nccc2n1. The highest BCUT2D eigenvalue weighted by atomic mass is 15.3. The molecule has 5 nitrogen and oxygen atoms in total. The Morgan fingerprint density at radius 1 is 1.08 bits per heavy atom. The minimum absolute atomic E-state index is 0.783. The van der Waals surface area contributed by atoms with Crippen LogP contribution in [0.25, 0.3) is 16.6 Å². The van der Waals surface area contributed by atoms with Crippen molar-refractivity contribution in [1.82, 2.24) is 19.6 Å². The summed E-state index contributed by atoms with van der Waals surface area (Å²) in [5.74, 6) is 1.04. The van der Waals surface area contributed by atoms with Crippen LogP contribution in [0.1, 0.15) is 18.2 Å². The van der Waals surface area contributed by atoms with E-state index >= 15 is 0 Å². The average molecular weight is 317 g/mol. The highest BCUT2D eigenvalue weighted by molar-refractivity contribution is 5.82. The number of anilines is 1. The molecule has 0 amide bonds. The highest BCUT2D eigenvalue weighted by Crippen LogP contribution is 2.22. The van der Waals surface area contributed by atoms with E-state index in [1.54, 1.807) is 6.20 Å². The van der Waals surface area contributed by atoms with Crippen LogP contribution in [0.15, 0.2) is 54.9 Å². The molecule has 0 N–H and O–H groups in total. The lowest BCUT2D eigenvalue weighted by molar-refractivity contribution is 0.825. The number of benzene rings is 1. The zero-order chi connectivity index (χ0) is 16.5. The maximum Gasteiger partial charge on any atom is 0.157 e. The van der Waals surface area contributed by atoms with Gasteiger partial charge in [0.1, 0.15) is 5.82 Å². The molecule has 0 fully saturated rings. The van der Waals surface area contributed by atoms with Gasteiger partial charge in [0.25, 0.3) is 0 Å². The maximum atomic E-state index is 4.62. The van der Waals surface area contributed by atoms with Gasteiger partial charge in [0.15, 0.2) is 5.65 Å². The van der Waals surface area contributed by atoms with Gasteiger partial charge in [-0.25, -0.2) is 4.98 Å². The van der Waals surface area contributed by atoms with E-state index in [9.17, 15) is 0 Å². The minimum Gasteiger partial charge on any atom is -0.355 e. The molecular weight excluding hydrogens is 298 g/mol. The first kappa shape index (κ1) is 14.6. The Morgan fingerprint density at radius 2 is 1.96 bits per heavy atom. The molecule has 0 unspecified atom stereocenters. The van der Waals surface area contributed by atoms with Crippen molar-refractivity contribution in [3.8, 4) is 0 Å². The summed E-state index contributed by atoms with van der Waals surface area (Å²) in [5.41, 5.74) is 4.23. The summed E-state index contributed by atoms with van der Waals surface area (Å²) < 4.78 is 1.89. The van der Waals surface area contributed by atoms with Crippen LogP contribution in [0.5, 0.6) is 0 Å². The maximum absolute atomic E-state index is 4.62. The molecule has 24 heavy (non-hydrogen) atoms. The average Bonchev–Trinajstić information content (AvgIpc) is 3.09. The number of aryl methyl sites for hydroxylation is 1. The van der Waals surface area contributed by atoms with Crippen molar-refractivity contribution < 1.29 is 0 Å². The second-order valence-corrected chi connectivity index (χ2v) is 5.90. The normalized spacial score (nSPS) is 11.2. The van der Waals surface area contributed by atoms with Crippen molar-refractivity contribution in [3.05, 3.63) is 66.1 Å². The van der Waals surface area contributed by atoms with Gasteiger partial charge in [-0.05, 0) is 24.1 Å². The highest BCUT2D eigenvalue weighted by Gasteiger charge is 2.12. The molecule has 0 radical (unpaired) electrons. The van der Waals surface area contributed by atoms with Crippen LogP contribution in [-0.4, -0.2) is 26.6 Å². The van der Waals surface area contributed by atoms with Crippen LogP contribution < -0.4 is 4.90 Å². The first-order valence-electron chi connectivity index (χ1n) is 8.13. The molecule has 0 saturated carbocycles. The Balaban J connectivity index is 1.76. The third kappa shape index (κ3) is 2.48. The van der Waals surface area contributed by atoms with Crippen molar-refractivity contribution in [3.63, 3.8) is 0 Å². The third-order valence-electron chi connectivity index (χ3n) is 4.29. The van der Waals surface area contributed by atoms with E-state index < -0.39 is 0 Å². The number of hydrogen-bond donors (Lipinski definition) is 0. The Bertz CT molecular complexity index is 1000. The van der Waals surface area contributed by atoms with Gasteiger partial charge >= 0.3 is 0 Å². The fourth-order valence-corrected chi connectivity index (χ4v) is 3.03. The molecule has 3 heterocycles. The fourth-order valence-electron chi connectivity index (χ4n) is 3.03. The van der Waals surface area contributed by atoms with Gasteiger partial charge in [-0.1, -0.05) is 25.1 Å². The molecule has 0 aliphatic carbocycles. The number of pyridine rings is 1. The number of rotatable bonds is 4. The van der Waals surface area contributed by atoms with E-state index in [2.05, 4.69) is 58.2 Å². The van der Waals surface area contributed by atoms with Crippen LogP contribution in [0, 0.1) is 0 Å². The number of para-hydroxylation sites is 1. The van der Waals surface area contributed by atoms with Crippen LogP contribution in [0.3, 0.4) is 0 Å². The second-order valence-electron chi connectivity index (χ2n) is 5.90. The van der Waals surface area contributed by atoms with E-state index in [-0.39, 0.29) is 0 Å². The van der Waals surface area contributed by atoms with Crippen LogP contribution in [0.4, 0.5) is 5.82 Å². The van der Waals surface area contributed by atoms with Crippen LogP contribution in [0.2, 0.25) is 0 Å². The van der Waals surface area contributed by atoms with Crippen molar-refractivity contribution >= 4 is 22.4 Å². The lowest BCUT2D eigenvalue weighted by Crippen LogP contribution is -2.20. The quantitative estimate of drug-likeness (QED) is 0.578. The number of fused-ring (bicyclic) bond motifs is 2. The molecule has 0 aliphatic heterocycles. The Hall–Kier alpha value is -2.95. The first-order valence-corrected chi connectivity index (χ1v) is 8.13. The van der Waals surface area contributed by atoms with Crippen molar-refractivity contribution in [2.24, 2.45) is 0 Å². The lowest BCUT2D eigenvalue weighted by atomic mass is 10.1. The molecule has 4 aromatic rings. The summed E-state index contributed by atoms with van der Waals surface area (Å²) in [6.07, 6.45) is 4.57. The molecule has 0 spiro atoms. The smallest absolute Gasteiger partial charge is 0.157 e. The molecule has 3 aromatic heterocycles. The summed E-state index contributed by atoms with van der Waals surface area (Å²) in [6.45, 7) is 2.90. The zero-order valence-corrected chi connectivity index (χ0v) is 13.8. The Labute approximate surface area is 140 Å². The van der Waals surface area contributed by atoms with E-state index in [0.717, 1.165) is 35.6 Å². The fraction of sp³-hybridized carbons (Fsp3) is 0.211. The second kappa shape index (κ2) is 5.92. The van der Waals surface area contributed by atoms with E-state index in [4.69, 9.17) is 0 Å². The molecule has 0 aliphatic rings. The minimum atomic E-state index is 0.783. The Morgan fingerprint density at radius 3 is 2.83 bits per heavy atom. The largest absolute Gasteiger partial charge is 0.355 e. The topological polar surface area (TPSA) is 46.3 Å². The number of hydrogen-bond acceptors (Lipinski definition) is 4. The number of nitrogens with zero attached hydrogens (tertiary/aromatic N) is 5. The van der Waals surface area contributed by atoms with Gasteiger partial charge in [0.2, 0.25) is 0 Å². The summed E-state index contributed by atoms with van der Waals surface area (Å²) in [5, 5.41) is 5.61. The standard InChI is InChI=1S/C19H19N5/c1-3-15-12-19(24-18(22-15)9-11-21-24)23(2)13-14-8-10-20-17-7-5-4-6-16(14)17/h4-12H,3,13H2,1-2H3.